The minimum absolute atomic E-state index is 0.0517. The lowest BCUT2D eigenvalue weighted by molar-refractivity contribution is 0.0475. The molecule has 114 valence electrons. The number of aliphatic hydroxyl groups excluding tert-OH is 1. The number of aliphatic hydroxyl groups is 1. The summed E-state index contributed by atoms with van der Waals surface area (Å²) in [7, 11) is 0. The lowest BCUT2D eigenvalue weighted by Crippen LogP contribution is -2.38. The highest BCUT2D eigenvalue weighted by molar-refractivity contribution is 6.22. The lowest BCUT2D eigenvalue weighted by Gasteiger charge is -2.25. The number of hydrogen-bond donors (Lipinski definition) is 1. The third kappa shape index (κ3) is 3.00. The quantitative estimate of drug-likeness (QED) is 0.870. The monoisotopic (exact) mass is 289 g/mol. The van der Waals surface area contributed by atoms with Gasteiger partial charge in [-0.25, -0.2) is 0 Å². The van der Waals surface area contributed by atoms with Gasteiger partial charge >= 0.3 is 0 Å². The minimum atomic E-state index is -0.701. The standard InChI is InChI=1S/C17H23NO3/c1-10-6-7-11(2)14-13(10)15(20)18(16(14)21)9-12(19)8-17(3,4)5/h6-7,12,19H,8-9H2,1-5H3. The molecule has 4 nitrogen and oxygen atoms in total. The third-order valence-electron chi connectivity index (χ3n) is 3.78. The molecule has 0 aromatic heterocycles. The van der Waals surface area contributed by atoms with Crippen LogP contribution in [0.2, 0.25) is 0 Å². The number of carbonyl (C=O) groups is 2. The molecule has 21 heavy (non-hydrogen) atoms. The highest BCUT2D eigenvalue weighted by atomic mass is 16.3. The smallest absolute Gasteiger partial charge is 0.261 e. The molecule has 1 aromatic carbocycles. The van der Waals surface area contributed by atoms with Gasteiger partial charge in [0.1, 0.15) is 0 Å². The average molecular weight is 289 g/mol. The van der Waals surface area contributed by atoms with Gasteiger partial charge in [0.2, 0.25) is 0 Å². The van der Waals surface area contributed by atoms with Gasteiger partial charge < -0.3 is 5.11 Å². The van der Waals surface area contributed by atoms with E-state index in [9.17, 15) is 14.7 Å². The Morgan fingerprint density at radius 3 is 1.86 bits per heavy atom. The fraction of sp³-hybridized carbons (Fsp3) is 0.529. The lowest BCUT2D eigenvalue weighted by atomic mass is 9.89. The van der Waals surface area contributed by atoms with Gasteiger partial charge in [0.05, 0.1) is 23.8 Å². The molecule has 0 bridgehead atoms. The van der Waals surface area contributed by atoms with Crippen LogP contribution in [0.15, 0.2) is 12.1 Å². The highest BCUT2D eigenvalue weighted by Crippen LogP contribution is 2.29. The van der Waals surface area contributed by atoms with Crippen molar-refractivity contribution in [2.45, 2.75) is 47.1 Å². The number of rotatable bonds is 3. The van der Waals surface area contributed by atoms with Crippen LogP contribution in [-0.4, -0.2) is 34.5 Å². The molecule has 2 rings (SSSR count). The van der Waals surface area contributed by atoms with E-state index in [1.54, 1.807) is 0 Å². The summed E-state index contributed by atoms with van der Waals surface area (Å²) in [6, 6.07) is 3.71. The molecule has 1 atom stereocenters. The van der Waals surface area contributed by atoms with Crippen molar-refractivity contribution < 1.29 is 14.7 Å². The van der Waals surface area contributed by atoms with Crippen LogP contribution in [0.5, 0.6) is 0 Å². The number of carbonyl (C=O) groups excluding carboxylic acids is 2. The van der Waals surface area contributed by atoms with Crippen molar-refractivity contribution in [1.82, 2.24) is 4.90 Å². The number of amides is 2. The minimum Gasteiger partial charge on any atom is -0.391 e. The Labute approximate surface area is 125 Å². The van der Waals surface area contributed by atoms with Gasteiger partial charge in [0, 0.05) is 0 Å². The third-order valence-corrected chi connectivity index (χ3v) is 3.78. The van der Waals surface area contributed by atoms with Gasteiger partial charge in [-0.2, -0.15) is 0 Å². The van der Waals surface area contributed by atoms with Crippen molar-refractivity contribution in [3.63, 3.8) is 0 Å². The predicted octanol–water partition coefficient (Wildman–Crippen LogP) is 2.70. The zero-order chi connectivity index (χ0) is 15.9. The van der Waals surface area contributed by atoms with Crippen LogP contribution in [0.25, 0.3) is 0 Å². The summed E-state index contributed by atoms with van der Waals surface area (Å²) in [5, 5.41) is 10.2. The molecule has 4 heteroatoms. The first kappa shape index (κ1) is 15.7. The van der Waals surface area contributed by atoms with E-state index in [1.165, 1.54) is 4.90 Å². The Bertz CT molecular complexity index is 558. The number of fused-ring (bicyclic) bond motifs is 1. The summed E-state index contributed by atoms with van der Waals surface area (Å²) in [6.45, 7) is 9.78. The number of imide groups is 1. The van der Waals surface area contributed by atoms with Crippen molar-refractivity contribution in [2.75, 3.05) is 6.54 Å². The van der Waals surface area contributed by atoms with Crippen molar-refractivity contribution in [1.29, 1.82) is 0 Å². The number of benzene rings is 1. The number of hydrogen-bond acceptors (Lipinski definition) is 3. The zero-order valence-corrected chi connectivity index (χ0v) is 13.4. The SMILES string of the molecule is Cc1ccc(C)c2c1C(=O)N(CC(O)CC(C)(C)C)C2=O. The molecule has 1 unspecified atom stereocenters. The molecule has 1 aliphatic rings. The van der Waals surface area contributed by atoms with Crippen LogP contribution < -0.4 is 0 Å². The molecule has 0 fully saturated rings. The average Bonchev–Trinajstić information content (AvgIpc) is 2.57. The maximum Gasteiger partial charge on any atom is 0.261 e. The van der Waals surface area contributed by atoms with Crippen LogP contribution in [0.4, 0.5) is 0 Å². The predicted molar refractivity (Wildman–Crippen MR) is 81.4 cm³/mol. The van der Waals surface area contributed by atoms with E-state index in [2.05, 4.69) is 0 Å². The van der Waals surface area contributed by atoms with Gasteiger partial charge in [-0.1, -0.05) is 32.9 Å². The van der Waals surface area contributed by atoms with Gasteiger partial charge in [-0.3, -0.25) is 14.5 Å². The molecular weight excluding hydrogens is 266 g/mol. The van der Waals surface area contributed by atoms with Crippen molar-refractivity contribution in [3.8, 4) is 0 Å². The van der Waals surface area contributed by atoms with Crippen LogP contribution in [0, 0.1) is 19.3 Å². The number of β-amino-alcohol motifs (C(OH)–C–C–N with tert-alkyl or cyclic N) is 1. The van der Waals surface area contributed by atoms with E-state index in [0.29, 0.717) is 17.5 Å². The van der Waals surface area contributed by atoms with Crippen LogP contribution in [0.1, 0.15) is 59.0 Å². The summed E-state index contributed by atoms with van der Waals surface area (Å²) in [4.78, 5) is 26.1. The normalized spacial score (nSPS) is 16.4. The zero-order valence-electron chi connectivity index (χ0n) is 13.4. The molecule has 0 saturated carbocycles. The summed E-state index contributed by atoms with van der Waals surface area (Å²) in [5.74, 6) is -0.576. The molecule has 2 amide bonds. The summed E-state index contributed by atoms with van der Waals surface area (Å²) in [6.07, 6.45) is -0.161. The highest BCUT2D eigenvalue weighted by Gasteiger charge is 2.39. The fourth-order valence-corrected chi connectivity index (χ4v) is 2.87. The van der Waals surface area contributed by atoms with Gasteiger partial charge in [-0.05, 0) is 36.8 Å². The van der Waals surface area contributed by atoms with E-state index in [1.807, 2.05) is 46.8 Å². The molecule has 1 aromatic rings. The van der Waals surface area contributed by atoms with E-state index in [0.717, 1.165) is 11.1 Å². The number of aryl methyl sites for hydroxylation is 2. The summed E-state index contributed by atoms with van der Waals surface area (Å²) < 4.78 is 0. The Kier molecular flexibility index (Phi) is 3.93. The second kappa shape index (κ2) is 5.26. The van der Waals surface area contributed by atoms with E-state index in [4.69, 9.17) is 0 Å². The van der Waals surface area contributed by atoms with Crippen LogP contribution in [0.3, 0.4) is 0 Å². The van der Waals surface area contributed by atoms with Crippen LogP contribution in [-0.2, 0) is 0 Å². The maximum atomic E-state index is 12.5. The Balaban J connectivity index is 2.26. The van der Waals surface area contributed by atoms with Crippen molar-refractivity contribution in [3.05, 3.63) is 34.4 Å². The van der Waals surface area contributed by atoms with Gasteiger partial charge in [0.25, 0.3) is 11.8 Å². The molecule has 0 aliphatic carbocycles. The molecule has 1 aliphatic heterocycles. The molecular formula is C17H23NO3. The number of nitrogens with zero attached hydrogens (tertiary/aromatic N) is 1. The van der Waals surface area contributed by atoms with Gasteiger partial charge in [0.15, 0.2) is 0 Å². The fourth-order valence-electron chi connectivity index (χ4n) is 2.87. The topological polar surface area (TPSA) is 57.6 Å². The van der Waals surface area contributed by atoms with E-state index < -0.39 is 6.10 Å². The Morgan fingerprint density at radius 1 is 1.05 bits per heavy atom. The second-order valence-electron chi connectivity index (χ2n) is 7.09. The molecule has 0 saturated heterocycles. The Morgan fingerprint density at radius 2 is 1.48 bits per heavy atom. The van der Waals surface area contributed by atoms with Crippen LogP contribution >= 0.6 is 0 Å². The largest absolute Gasteiger partial charge is 0.391 e. The summed E-state index contributed by atoms with van der Waals surface area (Å²) in [5.41, 5.74) is 2.54. The molecule has 1 N–H and O–H groups in total. The first-order chi connectivity index (χ1) is 9.61. The summed E-state index contributed by atoms with van der Waals surface area (Å²) >= 11 is 0. The van der Waals surface area contributed by atoms with Crippen molar-refractivity contribution in [2.24, 2.45) is 5.41 Å². The van der Waals surface area contributed by atoms with Gasteiger partial charge in [-0.15, -0.1) is 0 Å². The van der Waals surface area contributed by atoms with Crippen molar-refractivity contribution >= 4 is 11.8 Å². The molecule has 0 spiro atoms. The van der Waals surface area contributed by atoms with E-state index in [-0.39, 0.29) is 23.8 Å². The Hall–Kier alpha value is -1.68. The molecule has 0 radical (unpaired) electrons. The first-order valence-corrected chi connectivity index (χ1v) is 7.26. The van der Waals surface area contributed by atoms with E-state index >= 15 is 0 Å². The first-order valence-electron chi connectivity index (χ1n) is 7.26. The second-order valence-corrected chi connectivity index (χ2v) is 7.09. The molecule has 1 heterocycles. The maximum absolute atomic E-state index is 12.5.